The molecule has 0 spiro atoms. The topological polar surface area (TPSA) is 66.5 Å². The normalized spacial score (nSPS) is 18.1. The molecule has 0 aliphatic heterocycles. The minimum atomic E-state index is -0.498. The van der Waals surface area contributed by atoms with Gasteiger partial charge in [0.05, 0.1) is 12.1 Å². The maximum Gasteiger partial charge on any atom is 0.123 e. The fraction of sp³-hybridized carbons (Fsp3) is 0.375. The Bertz CT molecular complexity index is 598. The molecule has 108 valence electrons. The van der Waals surface area contributed by atoms with Crippen molar-refractivity contribution < 1.29 is 10.2 Å². The number of aliphatic hydroxyl groups excluding tert-OH is 1. The third-order valence-electron chi connectivity index (χ3n) is 4.29. The van der Waals surface area contributed by atoms with Gasteiger partial charge in [-0.25, -0.2) is 0 Å². The summed E-state index contributed by atoms with van der Waals surface area (Å²) in [4.78, 5) is 0. The van der Waals surface area contributed by atoms with Crippen LogP contribution < -0.4 is 5.73 Å². The molecule has 0 amide bonds. The highest BCUT2D eigenvalue weighted by molar-refractivity contribution is 5.91. The molecule has 1 fully saturated rings. The molecule has 4 heteroatoms. The summed E-state index contributed by atoms with van der Waals surface area (Å²) in [7, 11) is 0. The van der Waals surface area contributed by atoms with Crippen LogP contribution in [0.25, 0.3) is 10.8 Å². The molecule has 3 nitrogen and oxygen atoms in total. The van der Waals surface area contributed by atoms with Gasteiger partial charge in [-0.05, 0) is 35.8 Å². The Morgan fingerprint density at radius 1 is 1.05 bits per heavy atom. The lowest BCUT2D eigenvalue weighted by Gasteiger charge is -2.34. The zero-order valence-corrected chi connectivity index (χ0v) is 12.0. The summed E-state index contributed by atoms with van der Waals surface area (Å²) in [5.74, 6) is 0.576. The molecule has 2 atom stereocenters. The maximum absolute atomic E-state index is 10.3. The molecule has 0 bridgehead atoms. The van der Waals surface area contributed by atoms with Gasteiger partial charge in [0.25, 0.3) is 0 Å². The molecule has 1 aliphatic carbocycles. The number of aliphatic hydroxyl groups is 1. The second kappa shape index (κ2) is 6.00. The molecule has 3 rings (SSSR count). The molecule has 0 heterocycles. The third-order valence-corrected chi connectivity index (χ3v) is 4.29. The summed E-state index contributed by atoms with van der Waals surface area (Å²) in [6.45, 7) is 0. The van der Waals surface area contributed by atoms with E-state index in [0.29, 0.717) is 5.92 Å². The van der Waals surface area contributed by atoms with Crippen molar-refractivity contribution in [2.45, 2.75) is 31.4 Å². The van der Waals surface area contributed by atoms with E-state index < -0.39 is 12.1 Å². The van der Waals surface area contributed by atoms with Crippen molar-refractivity contribution in [3.63, 3.8) is 0 Å². The van der Waals surface area contributed by atoms with Crippen LogP contribution in [-0.2, 0) is 0 Å². The second-order valence-corrected chi connectivity index (χ2v) is 5.43. The Balaban J connectivity index is 0.00000147. The van der Waals surface area contributed by atoms with E-state index in [9.17, 15) is 10.2 Å². The molecule has 1 aliphatic rings. The molecule has 0 unspecified atom stereocenters. The van der Waals surface area contributed by atoms with E-state index in [1.807, 2.05) is 30.3 Å². The number of benzene rings is 2. The number of fused-ring (bicyclic) bond motifs is 1. The van der Waals surface area contributed by atoms with Gasteiger partial charge in [-0.2, -0.15) is 0 Å². The zero-order valence-electron chi connectivity index (χ0n) is 11.2. The Labute approximate surface area is 124 Å². The van der Waals surface area contributed by atoms with Crippen LogP contribution in [0.2, 0.25) is 0 Å². The first-order valence-corrected chi connectivity index (χ1v) is 6.83. The molecule has 2 aromatic rings. The number of halogens is 1. The fourth-order valence-electron chi connectivity index (χ4n) is 2.86. The lowest BCUT2D eigenvalue weighted by molar-refractivity contribution is 0.0417. The predicted molar refractivity (Wildman–Crippen MR) is 83.1 cm³/mol. The first kappa shape index (κ1) is 15.1. The first-order chi connectivity index (χ1) is 9.18. The Morgan fingerprint density at radius 2 is 1.70 bits per heavy atom. The van der Waals surface area contributed by atoms with Crippen molar-refractivity contribution in [3.8, 4) is 5.75 Å². The molecule has 0 radical (unpaired) electrons. The predicted octanol–water partition coefficient (Wildman–Crippen LogP) is 3.13. The standard InChI is InChI=1S/C16H19NO2.ClH/c17-15(16(19)10-4-3-5-10)13-8-9-14(18)12-7-2-1-6-11(12)13;/h1-2,6-10,15-16,18-19H,3-5,17H2;1H/t15-,16+;/m1./s1. The fourth-order valence-corrected chi connectivity index (χ4v) is 2.86. The SMILES string of the molecule is Cl.N[C@H](c1ccc(O)c2ccccc12)[C@@H](O)C1CCC1. The van der Waals surface area contributed by atoms with Gasteiger partial charge in [0.15, 0.2) is 0 Å². The van der Waals surface area contributed by atoms with Crippen LogP contribution in [0.15, 0.2) is 36.4 Å². The van der Waals surface area contributed by atoms with E-state index in [1.165, 1.54) is 6.42 Å². The van der Waals surface area contributed by atoms with Gasteiger partial charge >= 0.3 is 0 Å². The molecular weight excluding hydrogens is 274 g/mol. The Morgan fingerprint density at radius 3 is 2.30 bits per heavy atom. The molecule has 20 heavy (non-hydrogen) atoms. The highest BCUT2D eigenvalue weighted by Crippen LogP contribution is 2.37. The van der Waals surface area contributed by atoms with Crippen molar-refractivity contribution in [3.05, 3.63) is 42.0 Å². The smallest absolute Gasteiger partial charge is 0.123 e. The van der Waals surface area contributed by atoms with Gasteiger partial charge in [-0.3, -0.25) is 0 Å². The number of nitrogens with two attached hydrogens (primary N) is 1. The van der Waals surface area contributed by atoms with Gasteiger partial charge in [-0.15, -0.1) is 12.4 Å². The number of hydrogen-bond donors (Lipinski definition) is 3. The largest absolute Gasteiger partial charge is 0.507 e. The number of rotatable bonds is 3. The molecule has 2 aromatic carbocycles. The van der Waals surface area contributed by atoms with Crippen molar-refractivity contribution >= 4 is 23.2 Å². The molecule has 0 saturated heterocycles. The summed E-state index contributed by atoms with van der Waals surface area (Å²) >= 11 is 0. The minimum absolute atomic E-state index is 0. The summed E-state index contributed by atoms with van der Waals surface area (Å²) in [6, 6.07) is 10.7. The lowest BCUT2D eigenvalue weighted by atomic mass is 9.77. The highest BCUT2D eigenvalue weighted by atomic mass is 35.5. The van der Waals surface area contributed by atoms with Crippen LogP contribution in [0, 0.1) is 5.92 Å². The molecule has 1 saturated carbocycles. The molecule has 4 N–H and O–H groups in total. The van der Waals surface area contributed by atoms with Crippen LogP contribution in [-0.4, -0.2) is 16.3 Å². The van der Waals surface area contributed by atoms with Crippen molar-refractivity contribution in [1.29, 1.82) is 0 Å². The summed E-state index contributed by atoms with van der Waals surface area (Å²) in [5, 5.41) is 21.9. The number of hydrogen-bond acceptors (Lipinski definition) is 3. The van der Waals surface area contributed by atoms with Crippen molar-refractivity contribution in [2.75, 3.05) is 0 Å². The van der Waals surface area contributed by atoms with E-state index in [1.54, 1.807) is 6.07 Å². The van der Waals surface area contributed by atoms with Crippen LogP contribution >= 0.6 is 12.4 Å². The van der Waals surface area contributed by atoms with E-state index in [-0.39, 0.29) is 18.2 Å². The first-order valence-electron chi connectivity index (χ1n) is 6.83. The second-order valence-electron chi connectivity index (χ2n) is 5.43. The average molecular weight is 294 g/mol. The van der Waals surface area contributed by atoms with Gasteiger partial charge < -0.3 is 15.9 Å². The van der Waals surface area contributed by atoms with Crippen LogP contribution in [0.3, 0.4) is 0 Å². The highest BCUT2D eigenvalue weighted by Gasteiger charge is 2.31. The van der Waals surface area contributed by atoms with Gasteiger partial charge in [-0.1, -0.05) is 36.8 Å². The zero-order chi connectivity index (χ0) is 13.4. The molecule has 0 aromatic heterocycles. The van der Waals surface area contributed by atoms with E-state index in [0.717, 1.165) is 29.2 Å². The van der Waals surface area contributed by atoms with Crippen LogP contribution in [0.1, 0.15) is 30.9 Å². The van der Waals surface area contributed by atoms with Crippen molar-refractivity contribution in [2.24, 2.45) is 11.7 Å². The summed E-state index contributed by atoms with van der Waals surface area (Å²) in [6.07, 6.45) is 2.81. The van der Waals surface area contributed by atoms with E-state index in [2.05, 4.69) is 0 Å². The van der Waals surface area contributed by atoms with Gasteiger partial charge in [0.2, 0.25) is 0 Å². The number of aromatic hydroxyl groups is 1. The van der Waals surface area contributed by atoms with Crippen molar-refractivity contribution in [1.82, 2.24) is 0 Å². The number of phenols is 1. The maximum atomic E-state index is 10.3. The quantitative estimate of drug-likeness (QED) is 0.814. The third kappa shape index (κ3) is 2.49. The van der Waals surface area contributed by atoms with Gasteiger partial charge in [0, 0.05) is 5.39 Å². The lowest BCUT2D eigenvalue weighted by Crippen LogP contribution is -2.36. The van der Waals surface area contributed by atoms with E-state index in [4.69, 9.17) is 5.73 Å². The monoisotopic (exact) mass is 293 g/mol. The summed E-state index contributed by atoms with van der Waals surface area (Å²) < 4.78 is 0. The Hall–Kier alpha value is -1.29. The molecular formula is C16H20ClNO2. The van der Waals surface area contributed by atoms with E-state index >= 15 is 0 Å². The number of phenolic OH excluding ortho intramolecular Hbond substituents is 1. The minimum Gasteiger partial charge on any atom is -0.507 e. The van der Waals surface area contributed by atoms with Gasteiger partial charge in [0.1, 0.15) is 5.75 Å². The Kier molecular flexibility index (Phi) is 4.53. The van der Waals surface area contributed by atoms with Crippen LogP contribution in [0.4, 0.5) is 0 Å². The average Bonchev–Trinajstić information content (AvgIpc) is 2.37. The summed E-state index contributed by atoms with van der Waals surface area (Å²) in [5.41, 5.74) is 7.14. The van der Waals surface area contributed by atoms with Crippen LogP contribution in [0.5, 0.6) is 5.75 Å².